The monoisotopic (exact) mass is 83.0 g/mol. The van der Waals surface area contributed by atoms with Crippen LogP contribution in [0, 0.1) is 13.3 Å². The van der Waals surface area contributed by atoms with Gasteiger partial charge in [-0.15, -0.1) is 0 Å². The van der Waals surface area contributed by atoms with Gasteiger partial charge in [-0.2, -0.15) is 0 Å². The van der Waals surface area contributed by atoms with Crippen molar-refractivity contribution >= 4 is 0 Å². The van der Waals surface area contributed by atoms with Gasteiger partial charge in [0.25, 0.3) is 0 Å². The van der Waals surface area contributed by atoms with Gasteiger partial charge in [0.05, 0.1) is 0 Å². The molecule has 0 spiro atoms. The molecule has 0 aromatic heterocycles. The highest BCUT2D eigenvalue weighted by Gasteiger charge is 1.66. The summed E-state index contributed by atoms with van der Waals surface area (Å²) >= 11 is 0. The Morgan fingerprint density at radius 2 is 2.33 bits per heavy atom. The van der Waals surface area contributed by atoms with Crippen LogP contribution < -0.4 is 0 Å². The largest absolute Gasteiger partial charge is 0.396 e. The Hall–Kier alpha value is -0.300. The molecule has 0 heterocycles. The van der Waals surface area contributed by atoms with Gasteiger partial charge in [0, 0.05) is 13.0 Å². The first kappa shape index (κ1) is 5.70. The lowest BCUT2D eigenvalue weighted by molar-refractivity contribution is 0.332. The van der Waals surface area contributed by atoms with Crippen LogP contribution in [0.3, 0.4) is 0 Å². The van der Waals surface area contributed by atoms with Crippen LogP contribution in [0.5, 0.6) is 0 Å². The predicted octanol–water partition coefficient (Wildman–Crippen LogP) is 0.450. The first-order valence-electron chi connectivity index (χ1n) is 1.72. The number of aliphatic hydroxyl groups is 1. The van der Waals surface area contributed by atoms with Crippen LogP contribution in [-0.2, 0) is 0 Å². The molecule has 0 saturated carbocycles. The Kier molecular flexibility index (Phi) is 4.46. The molecule has 0 unspecified atom stereocenters. The fraction of sp³-hybridized carbons (Fsp3) is 0.200. The number of hydrogen-bond donors (Lipinski definition) is 1. The molecule has 0 aromatic rings. The molecule has 0 fully saturated rings. The maximum Gasteiger partial charge on any atom is 0.0500 e. The molecule has 0 aromatic carbocycles. The minimum Gasteiger partial charge on any atom is -0.396 e. The third-order valence-electron chi connectivity index (χ3n) is 0.353. The first-order chi connectivity index (χ1) is 2.91. The van der Waals surface area contributed by atoms with E-state index in [1.807, 2.05) is 0 Å². The third-order valence-corrected chi connectivity index (χ3v) is 0.353. The van der Waals surface area contributed by atoms with E-state index in [2.05, 4.69) is 0 Å². The smallest absolute Gasteiger partial charge is 0.0500 e. The first-order valence-corrected chi connectivity index (χ1v) is 1.72. The van der Waals surface area contributed by atoms with Gasteiger partial charge >= 0.3 is 0 Å². The lowest BCUT2D eigenvalue weighted by atomic mass is 10.4. The van der Waals surface area contributed by atoms with Gasteiger partial charge in [-0.25, -0.2) is 0 Å². The SMILES string of the molecule is [CH]C=C[CH]CO. The van der Waals surface area contributed by atoms with Crippen LogP contribution in [-0.4, -0.2) is 11.7 Å². The molecule has 1 nitrogen and oxygen atoms in total. The highest BCUT2D eigenvalue weighted by atomic mass is 16.2. The van der Waals surface area contributed by atoms with E-state index in [4.69, 9.17) is 12.0 Å². The maximum atomic E-state index is 8.04. The van der Waals surface area contributed by atoms with Crippen molar-refractivity contribution in [1.29, 1.82) is 0 Å². The summed E-state index contributed by atoms with van der Waals surface area (Å²) in [6.07, 6.45) is 4.51. The number of rotatable bonds is 2. The van der Waals surface area contributed by atoms with Gasteiger partial charge in [0.15, 0.2) is 0 Å². The van der Waals surface area contributed by atoms with Crippen LogP contribution in [0.1, 0.15) is 0 Å². The van der Waals surface area contributed by atoms with Crippen molar-refractivity contribution in [1.82, 2.24) is 0 Å². The van der Waals surface area contributed by atoms with Crippen LogP contribution >= 0.6 is 0 Å². The van der Waals surface area contributed by atoms with Crippen LogP contribution in [0.4, 0.5) is 0 Å². The molecular weight excluding hydrogens is 76.1 g/mol. The average Bonchev–Trinajstić information content (AvgIpc) is 1.61. The van der Waals surface area contributed by atoms with Crippen molar-refractivity contribution in [3.8, 4) is 0 Å². The fourth-order valence-corrected chi connectivity index (χ4v) is 0.139. The molecule has 0 aliphatic rings. The predicted molar refractivity (Wildman–Crippen MR) is 24.8 cm³/mol. The second-order valence-corrected chi connectivity index (χ2v) is 0.803. The minimum absolute atomic E-state index is 0.0632. The zero-order valence-electron chi connectivity index (χ0n) is 3.46. The molecule has 0 bridgehead atoms. The normalized spacial score (nSPS) is 10.3. The van der Waals surface area contributed by atoms with Crippen molar-refractivity contribution in [2.45, 2.75) is 0 Å². The number of hydrogen-bond acceptors (Lipinski definition) is 1. The summed E-state index contributed by atoms with van der Waals surface area (Å²) in [7, 11) is 0. The van der Waals surface area contributed by atoms with Crippen LogP contribution in [0.2, 0.25) is 0 Å². The Labute approximate surface area is 38.3 Å². The highest BCUT2D eigenvalue weighted by molar-refractivity contribution is 4.95. The van der Waals surface area contributed by atoms with Gasteiger partial charge in [0.2, 0.25) is 0 Å². The van der Waals surface area contributed by atoms with Crippen LogP contribution in [0.25, 0.3) is 0 Å². The number of allylic oxidation sites excluding steroid dienone is 1. The van der Waals surface area contributed by atoms with Crippen LogP contribution in [0.15, 0.2) is 12.2 Å². The van der Waals surface area contributed by atoms with Crippen molar-refractivity contribution in [3.05, 3.63) is 25.5 Å². The Morgan fingerprint density at radius 3 is 2.50 bits per heavy atom. The van der Waals surface area contributed by atoms with E-state index in [0.29, 0.717) is 0 Å². The van der Waals surface area contributed by atoms with Gasteiger partial charge in [-0.05, 0) is 6.92 Å². The summed E-state index contributed by atoms with van der Waals surface area (Å²) in [5.41, 5.74) is 0. The standard InChI is InChI=1S/C5H7O/c1-2-3-4-5-6/h1-4,6H,5H2. The second-order valence-electron chi connectivity index (χ2n) is 0.803. The van der Waals surface area contributed by atoms with E-state index in [0.717, 1.165) is 0 Å². The van der Waals surface area contributed by atoms with E-state index in [-0.39, 0.29) is 6.61 Å². The zero-order chi connectivity index (χ0) is 4.83. The van der Waals surface area contributed by atoms with Gasteiger partial charge in [-0.1, -0.05) is 12.2 Å². The quantitative estimate of drug-likeness (QED) is 0.514. The average molecular weight is 83.1 g/mol. The molecule has 0 aliphatic heterocycles. The fourth-order valence-electron chi connectivity index (χ4n) is 0.139. The highest BCUT2D eigenvalue weighted by Crippen LogP contribution is 1.73. The molecule has 1 heteroatoms. The lowest BCUT2D eigenvalue weighted by Crippen LogP contribution is -1.74. The summed E-state index contributed by atoms with van der Waals surface area (Å²) in [6.45, 7) is 4.95. The molecule has 0 amide bonds. The summed E-state index contributed by atoms with van der Waals surface area (Å²) in [4.78, 5) is 0. The van der Waals surface area contributed by atoms with Gasteiger partial charge < -0.3 is 5.11 Å². The molecule has 0 aliphatic carbocycles. The molecule has 33 valence electrons. The van der Waals surface area contributed by atoms with Crippen molar-refractivity contribution in [3.63, 3.8) is 0 Å². The molecule has 0 saturated heterocycles. The molecule has 1 N–H and O–H groups in total. The summed E-state index contributed by atoms with van der Waals surface area (Å²) in [5, 5.41) is 8.04. The number of aliphatic hydroxyl groups excluding tert-OH is 1. The van der Waals surface area contributed by atoms with E-state index in [1.54, 1.807) is 12.5 Å². The molecular formula is C5H7O. The molecule has 6 heavy (non-hydrogen) atoms. The maximum absolute atomic E-state index is 8.04. The summed E-state index contributed by atoms with van der Waals surface area (Å²) in [5.74, 6) is 0. The Morgan fingerprint density at radius 1 is 1.67 bits per heavy atom. The van der Waals surface area contributed by atoms with E-state index < -0.39 is 0 Å². The van der Waals surface area contributed by atoms with Crippen molar-refractivity contribution < 1.29 is 5.11 Å². The van der Waals surface area contributed by atoms with E-state index in [1.165, 1.54) is 6.08 Å². The molecule has 3 radical (unpaired) electrons. The van der Waals surface area contributed by atoms with Crippen molar-refractivity contribution in [2.24, 2.45) is 0 Å². The minimum atomic E-state index is 0.0632. The van der Waals surface area contributed by atoms with E-state index >= 15 is 0 Å². The van der Waals surface area contributed by atoms with Gasteiger partial charge in [0.1, 0.15) is 0 Å². The molecule has 0 atom stereocenters. The second kappa shape index (κ2) is 4.70. The van der Waals surface area contributed by atoms with E-state index in [9.17, 15) is 0 Å². The van der Waals surface area contributed by atoms with Crippen molar-refractivity contribution in [2.75, 3.05) is 6.61 Å². The topological polar surface area (TPSA) is 20.2 Å². The van der Waals surface area contributed by atoms with Gasteiger partial charge in [-0.3, -0.25) is 0 Å². The third kappa shape index (κ3) is 3.70. The zero-order valence-corrected chi connectivity index (χ0v) is 3.46. The molecule has 0 rings (SSSR count). The Bertz CT molecular complexity index is 39.2. The summed E-state index contributed by atoms with van der Waals surface area (Å²) in [6, 6.07) is 0. The lowest BCUT2D eigenvalue weighted by Gasteiger charge is -1.75. The summed E-state index contributed by atoms with van der Waals surface area (Å²) < 4.78 is 0. The Balaban J connectivity index is 2.66.